The molecule has 0 aromatic heterocycles. The summed E-state index contributed by atoms with van der Waals surface area (Å²) in [6.07, 6.45) is 0. The van der Waals surface area contributed by atoms with Gasteiger partial charge >= 0.3 is 0 Å². The average molecular weight is 339 g/mol. The monoisotopic (exact) mass is 339 g/mol. The molecule has 1 aliphatic rings. The standard InChI is InChI=1S/C23H21N3/c1-17-13-15-20(16-14-17)24-22-21(18-9-5-3-6-10-18)25-23(2,26-22)19-11-7-4-8-12-19/h3-16H,1-2H3,(H,24,26). The van der Waals surface area contributed by atoms with Crippen LogP contribution in [0.2, 0.25) is 0 Å². The average Bonchev–Trinajstić information content (AvgIpc) is 3.03. The largest absolute Gasteiger partial charge is 0.339 e. The Morgan fingerprint density at radius 3 is 2.00 bits per heavy atom. The molecule has 3 aromatic carbocycles. The summed E-state index contributed by atoms with van der Waals surface area (Å²) < 4.78 is 0. The number of hydrogen-bond donors (Lipinski definition) is 1. The van der Waals surface area contributed by atoms with E-state index in [9.17, 15) is 0 Å². The van der Waals surface area contributed by atoms with Gasteiger partial charge in [-0.15, -0.1) is 0 Å². The zero-order chi connectivity index (χ0) is 18.0. The molecule has 0 saturated heterocycles. The molecule has 3 nitrogen and oxygen atoms in total. The molecule has 0 aliphatic carbocycles. The topological polar surface area (TPSA) is 36.8 Å². The Labute approximate surface area is 154 Å². The lowest BCUT2D eigenvalue weighted by Crippen LogP contribution is -2.21. The third kappa shape index (κ3) is 3.16. The molecule has 1 N–H and O–H groups in total. The number of anilines is 1. The minimum Gasteiger partial charge on any atom is -0.339 e. The number of amidine groups is 1. The first-order valence-corrected chi connectivity index (χ1v) is 8.79. The van der Waals surface area contributed by atoms with Crippen molar-refractivity contribution in [1.82, 2.24) is 0 Å². The van der Waals surface area contributed by atoms with Crippen LogP contribution in [0.1, 0.15) is 23.6 Å². The van der Waals surface area contributed by atoms with E-state index in [1.165, 1.54) is 5.56 Å². The first kappa shape index (κ1) is 16.3. The minimum absolute atomic E-state index is 0.626. The molecule has 1 unspecified atom stereocenters. The number of aryl methyl sites for hydroxylation is 1. The van der Waals surface area contributed by atoms with Crippen molar-refractivity contribution in [1.29, 1.82) is 0 Å². The van der Waals surface area contributed by atoms with Crippen LogP contribution in [0.5, 0.6) is 0 Å². The predicted molar refractivity (Wildman–Crippen MR) is 109 cm³/mol. The molecule has 0 saturated carbocycles. The summed E-state index contributed by atoms with van der Waals surface area (Å²) in [6.45, 7) is 4.13. The van der Waals surface area contributed by atoms with Crippen LogP contribution in [0.25, 0.3) is 0 Å². The van der Waals surface area contributed by atoms with E-state index in [4.69, 9.17) is 9.98 Å². The van der Waals surface area contributed by atoms with Gasteiger partial charge in [-0.05, 0) is 26.0 Å². The Balaban J connectivity index is 1.77. The Bertz CT molecular complexity index is 957. The van der Waals surface area contributed by atoms with Crippen molar-refractivity contribution in [3.63, 3.8) is 0 Å². The Morgan fingerprint density at radius 2 is 1.35 bits per heavy atom. The normalized spacial score (nSPS) is 19.0. The van der Waals surface area contributed by atoms with Crippen LogP contribution in [0.15, 0.2) is 94.9 Å². The van der Waals surface area contributed by atoms with Crippen LogP contribution >= 0.6 is 0 Å². The smallest absolute Gasteiger partial charge is 0.176 e. The van der Waals surface area contributed by atoms with Crippen molar-refractivity contribution in [2.45, 2.75) is 19.5 Å². The van der Waals surface area contributed by atoms with Gasteiger partial charge in [0.05, 0.1) is 0 Å². The number of rotatable bonds is 3. The highest BCUT2D eigenvalue weighted by molar-refractivity contribution is 6.52. The molecule has 128 valence electrons. The van der Waals surface area contributed by atoms with E-state index in [-0.39, 0.29) is 0 Å². The Kier molecular flexibility index (Phi) is 4.13. The molecule has 26 heavy (non-hydrogen) atoms. The molecule has 0 bridgehead atoms. The van der Waals surface area contributed by atoms with Crippen LogP contribution in [-0.2, 0) is 5.66 Å². The van der Waals surface area contributed by atoms with Gasteiger partial charge in [0.2, 0.25) is 0 Å². The number of benzene rings is 3. The van der Waals surface area contributed by atoms with E-state index in [2.05, 4.69) is 67.7 Å². The third-order valence-electron chi connectivity index (χ3n) is 4.57. The zero-order valence-corrected chi connectivity index (χ0v) is 15.0. The molecular formula is C23H21N3. The molecule has 0 radical (unpaired) electrons. The summed E-state index contributed by atoms with van der Waals surface area (Å²) in [5.74, 6) is 0.798. The van der Waals surface area contributed by atoms with Crippen LogP contribution in [0.3, 0.4) is 0 Å². The van der Waals surface area contributed by atoms with Crippen LogP contribution in [0.4, 0.5) is 5.69 Å². The second-order valence-corrected chi connectivity index (χ2v) is 6.66. The Hall–Kier alpha value is -3.20. The van der Waals surface area contributed by atoms with E-state index < -0.39 is 5.66 Å². The maximum absolute atomic E-state index is 5.01. The highest BCUT2D eigenvalue weighted by Gasteiger charge is 2.33. The van der Waals surface area contributed by atoms with E-state index >= 15 is 0 Å². The first-order chi connectivity index (χ1) is 12.6. The molecule has 0 amide bonds. The molecule has 4 rings (SSSR count). The van der Waals surface area contributed by atoms with Gasteiger partial charge in [0.25, 0.3) is 0 Å². The molecule has 1 heterocycles. The van der Waals surface area contributed by atoms with E-state index in [0.717, 1.165) is 28.4 Å². The van der Waals surface area contributed by atoms with E-state index in [1.54, 1.807) is 0 Å². The van der Waals surface area contributed by atoms with Crippen molar-refractivity contribution in [3.8, 4) is 0 Å². The minimum atomic E-state index is -0.626. The van der Waals surface area contributed by atoms with Crippen LogP contribution in [0, 0.1) is 6.92 Å². The highest BCUT2D eigenvalue weighted by Crippen LogP contribution is 2.33. The zero-order valence-electron chi connectivity index (χ0n) is 15.0. The van der Waals surface area contributed by atoms with Crippen LogP contribution in [-0.4, -0.2) is 11.5 Å². The summed E-state index contributed by atoms with van der Waals surface area (Å²) >= 11 is 0. The van der Waals surface area contributed by atoms with Gasteiger partial charge in [-0.25, -0.2) is 9.98 Å². The summed E-state index contributed by atoms with van der Waals surface area (Å²) in [5.41, 5.74) is 4.64. The second kappa shape index (κ2) is 6.60. The molecule has 1 atom stereocenters. The van der Waals surface area contributed by atoms with Crippen molar-refractivity contribution >= 4 is 17.2 Å². The molecule has 0 fully saturated rings. The van der Waals surface area contributed by atoms with Gasteiger partial charge in [0.1, 0.15) is 5.71 Å². The summed E-state index contributed by atoms with van der Waals surface area (Å²) in [5, 5.41) is 3.46. The van der Waals surface area contributed by atoms with E-state index in [1.807, 2.05) is 36.4 Å². The van der Waals surface area contributed by atoms with E-state index in [0.29, 0.717) is 0 Å². The van der Waals surface area contributed by atoms with Crippen molar-refractivity contribution in [2.24, 2.45) is 9.98 Å². The number of aliphatic imine (C=N–C) groups is 2. The van der Waals surface area contributed by atoms with Crippen molar-refractivity contribution in [2.75, 3.05) is 5.32 Å². The molecule has 0 spiro atoms. The Morgan fingerprint density at radius 1 is 0.731 bits per heavy atom. The maximum Gasteiger partial charge on any atom is 0.176 e. The van der Waals surface area contributed by atoms with Crippen molar-refractivity contribution in [3.05, 3.63) is 102 Å². The molecule has 1 aliphatic heterocycles. The van der Waals surface area contributed by atoms with Gasteiger partial charge in [0, 0.05) is 16.8 Å². The molecule has 3 heteroatoms. The van der Waals surface area contributed by atoms with Gasteiger partial charge in [0.15, 0.2) is 11.5 Å². The lowest BCUT2D eigenvalue weighted by atomic mass is 10.0. The summed E-state index contributed by atoms with van der Waals surface area (Å²) in [6, 6.07) is 28.7. The quantitative estimate of drug-likeness (QED) is 0.701. The lowest BCUT2D eigenvalue weighted by Gasteiger charge is -2.17. The predicted octanol–water partition coefficient (Wildman–Crippen LogP) is 5.18. The SMILES string of the molecule is Cc1ccc(NC2=NC(C)(c3ccccc3)N=C2c2ccccc2)cc1. The number of nitrogens with one attached hydrogen (secondary N) is 1. The fourth-order valence-electron chi connectivity index (χ4n) is 3.11. The fourth-order valence-corrected chi connectivity index (χ4v) is 3.11. The summed E-state index contributed by atoms with van der Waals surface area (Å²) in [4.78, 5) is 9.97. The highest BCUT2D eigenvalue weighted by atomic mass is 15.2. The molecule has 3 aromatic rings. The first-order valence-electron chi connectivity index (χ1n) is 8.79. The van der Waals surface area contributed by atoms with Gasteiger partial charge in [-0.1, -0.05) is 78.4 Å². The molecular weight excluding hydrogens is 318 g/mol. The van der Waals surface area contributed by atoms with Gasteiger partial charge < -0.3 is 5.32 Å². The number of nitrogens with zero attached hydrogens (tertiary/aromatic N) is 2. The van der Waals surface area contributed by atoms with Crippen LogP contribution < -0.4 is 5.32 Å². The third-order valence-corrected chi connectivity index (χ3v) is 4.57. The van der Waals surface area contributed by atoms with Gasteiger partial charge in [-0.3, -0.25) is 0 Å². The van der Waals surface area contributed by atoms with Crippen molar-refractivity contribution < 1.29 is 0 Å². The number of hydrogen-bond acceptors (Lipinski definition) is 3. The maximum atomic E-state index is 5.01. The fraction of sp³-hybridized carbons (Fsp3) is 0.130. The lowest BCUT2D eigenvalue weighted by molar-refractivity contribution is 0.541. The second-order valence-electron chi connectivity index (χ2n) is 6.66. The van der Waals surface area contributed by atoms with Gasteiger partial charge in [-0.2, -0.15) is 0 Å². The summed E-state index contributed by atoms with van der Waals surface area (Å²) in [7, 11) is 0.